The smallest absolute Gasteiger partial charge is 0.338 e. The topological polar surface area (TPSA) is 58.6 Å². The van der Waals surface area contributed by atoms with Gasteiger partial charge < -0.3 is 15.0 Å². The molecule has 19 heavy (non-hydrogen) atoms. The Morgan fingerprint density at radius 1 is 1.47 bits per heavy atom. The van der Waals surface area contributed by atoms with E-state index in [4.69, 9.17) is 0 Å². The molecule has 0 radical (unpaired) electrons. The fraction of sp³-hybridized carbons (Fsp3) is 0.429. The summed E-state index contributed by atoms with van der Waals surface area (Å²) in [6.07, 6.45) is 0.682. The summed E-state index contributed by atoms with van der Waals surface area (Å²) in [5.74, 6) is -0.494. The van der Waals surface area contributed by atoms with E-state index in [0.717, 1.165) is 25.3 Å². The van der Waals surface area contributed by atoms with Gasteiger partial charge in [0.1, 0.15) is 0 Å². The molecule has 1 N–H and O–H groups in total. The molecule has 0 fully saturated rings. The Morgan fingerprint density at radius 3 is 2.74 bits per heavy atom. The average Bonchev–Trinajstić information content (AvgIpc) is 2.46. The van der Waals surface area contributed by atoms with Crippen molar-refractivity contribution < 1.29 is 14.3 Å². The van der Waals surface area contributed by atoms with Gasteiger partial charge in [0, 0.05) is 30.9 Å². The summed E-state index contributed by atoms with van der Waals surface area (Å²) < 4.78 is 4.65. The summed E-state index contributed by atoms with van der Waals surface area (Å²) in [5, 5.41) is 3.08. The van der Waals surface area contributed by atoms with Gasteiger partial charge in [-0.2, -0.15) is 0 Å². The van der Waals surface area contributed by atoms with Gasteiger partial charge in [0.2, 0.25) is 0 Å². The molecule has 104 valence electrons. The molecule has 0 saturated carbocycles. The Hall–Kier alpha value is -1.88. The lowest BCUT2D eigenvalue weighted by Crippen LogP contribution is -2.30. The molecule has 0 bridgehead atoms. The third-order valence-electron chi connectivity index (χ3n) is 2.95. The maximum absolute atomic E-state index is 11.5. The summed E-state index contributed by atoms with van der Waals surface area (Å²) in [5.41, 5.74) is 1.57. The van der Waals surface area contributed by atoms with Crippen molar-refractivity contribution in [3.05, 3.63) is 29.3 Å². The molecule has 0 saturated heterocycles. The second-order valence-electron chi connectivity index (χ2n) is 4.06. The number of aldehydes is 1. The molecule has 0 aliphatic rings. The van der Waals surface area contributed by atoms with Crippen LogP contribution in [0, 0.1) is 0 Å². The minimum absolute atomic E-state index is 0.297. The molecule has 1 rings (SSSR count). The number of benzene rings is 1. The van der Waals surface area contributed by atoms with E-state index in [9.17, 15) is 9.59 Å². The Morgan fingerprint density at radius 2 is 2.21 bits per heavy atom. The van der Waals surface area contributed by atoms with Crippen LogP contribution in [0.1, 0.15) is 27.6 Å². The van der Waals surface area contributed by atoms with Crippen molar-refractivity contribution in [3.8, 4) is 0 Å². The highest BCUT2D eigenvalue weighted by Gasteiger charge is 2.13. The summed E-state index contributed by atoms with van der Waals surface area (Å²) >= 11 is 0. The SMILES string of the molecule is CCN(CCNC)c1ccc(C(=O)OC)c(C=O)c1. The zero-order chi connectivity index (χ0) is 14.3. The van der Waals surface area contributed by atoms with Crippen molar-refractivity contribution >= 4 is 17.9 Å². The van der Waals surface area contributed by atoms with Gasteiger partial charge in [-0.1, -0.05) is 0 Å². The van der Waals surface area contributed by atoms with Gasteiger partial charge in [-0.25, -0.2) is 4.79 Å². The van der Waals surface area contributed by atoms with Crippen LogP contribution in [0.4, 0.5) is 5.69 Å². The standard InChI is InChI=1S/C14H20N2O3/c1-4-16(8-7-15-2)12-5-6-13(14(18)19-3)11(9-12)10-17/h5-6,9-10,15H,4,7-8H2,1-3H3. The van der Waals surface area contributed by atoms with Crippen LogP contribution in [0.5, 0.6) is 0 Å². The summed E-state index contributed by atoms with van der Waals surface area (Å²) in [6, 6.07) is 5.18. The first-order valence-corrected chi connectivity index (χ1v) is 6.25. The minimum atomic E-state index is -0.494. The molecule has 1 aromatic rings. The number of rotatable bonds is 7. The van der Waals surface area contributed by atoms with E-state index < -0.39 is 5.97 Å². The summed E-state index contributed by atoms with van der Waals surface area (Å²) in [7, 11) is 3.20. The second-order valence-corrected chi connectivity index (χ2v) is 4.06. The Balaban J connectivity index is 3.04. The van der Waals surface area contributed by atoms with Crippen LogP contribution in [0.25, 0.3) is 0 Å². The highest BCUT2D eigenvalue weighted by molar-refractivity contribution is 5.99. The lowest BCUT2D eigenvalue weighted by molar-refractivity contribution is 0.0598. The fourth-order valence-corrected chi connectivity index (χ4v) is 1.86. The minimum Gasteiger partial charge on any atom is -0.465 e. The van der Waals surface area contributed by atoms with Gasteiger partial charge in [0.05, 0.1) is 12.7 Å². The molecule has 0 atom stereocenters. The van der Waals surface area contributed by atoms with Crippen LogP contribution in [-0.2, 0) is 4.74 Å². The van der Waals surface area contributed by atoms with Crippen LogP contribution in [0.2, 0.25) is 0 Å². The first-order valence-electron chi connectivity index (χ1n) is 6.25. The molecular formula is C14H20N2O3. The number of carbonyl (C=O) groups is 2. The van der Waals surface area contributed by atoms with Gasteiger partial charge in [0.15, 0.2) is 6.29 Å². The van der Waals surface area contributed by atoms with E-state index in [0.29, 0.717) is 17.4 Å². The van der Waals surface area contributed by atoms with Crippen LogP contribution in [0.3, 0.4) is 0 Å². The quantitative estimate of drug-likeness (QED) is 0.595. The van der Waals surface area contributed by atoms with Crippen molar-refractivity contribution in [2.45, 2.75) is 6.92 Å². The molecule has 0 amide bonds. The zero-order valence-electron chi connectivity index (χ0n) is 11.6. The highest BCUT2D eigenvalue weighted by atomic mass is 16.5. The molecule has 0 heterocycles. The van der Waals surface area contributed by atoms with Gasteiger partial charge in [0.25, 0.3) is 0 Å². The largest absolute Gasteiger partial charge is 0.465 e. The zero-order valence-corrected chi connectivity index (χ0v) is 11.6. The number of hydrogen-bond acceptors (Lipinski definition) is 5. The number of nitrogens with one attached hydrogen (secondary N) is 1. The molecule has 0 unspecified atom stereocenters. The molecule has 5 nitrogen and oxygen atoms in total. The molecule has 0 aromatic heterocycles. The molecule has 5 heteroatoms. The lowest BCUT2D eigenvalue weighted by atomic mass is 10.1. The molecular weight excluding hydrogens is 244 g/mol. The maximum atomic E-state index is 11.5. The Labute approximate surface area is 113 Å². The first-order chi connectivity index (χ1) is 9.17. The van der Waals surface area contributed by atoms with Crippen LogP contribution >= 0.6 is 0 Å². The lowest BCUT2D eigenvalue weighted by Gasteiger charge is -2.23. The number of anilines is 1. The average molecular weight is 264 g/mol. The Kier molecular flexibility index (Phi) is 6.02. The van der Waals surface area contributed by atoms with E-state index in [1.807, 2.05) is 20.0 Å². The van der Waals surface area contributed by atoms with Crippen molar-refractivity contribution in [2.75, 3.05) is 38.7 Å². The van der Waals surface area contributed by atoms with E-state index in [1.165, 1.54) is 7.11 Å². The molecule has 0 spiro atoms. The van der Waals surface area contributed by atoms with E-state index in [1.54, 1.807) is 12.1 Å². The fourth-order valence-electron chi connectivity index (χ4n) is 1.86. The normalized spacial score (nSPS) is 10.1. The van der Waals surface area contributed by atoms with Crippen LogP contribution < -0.4 is 10.2 Å². The van der Waals surface area contributed by atoms with Crippen molar-refractivity contribution in [2.24, 2.45) is 0 Å². The van der Waals surface area contributed by atoms with Gasteiger partial charge in [-0.3, -0.25) is 4.79 Å². The van der Waals surface area contributed by atoms with Gasteiger partial charge >= 0.3 is 5.97 Å². The number of methoxy groups -OCH3 is 1. The van der Waals surface area contributed by atoms with E-state index >= 15 is 0 Å². The summed E-state index contributed by atoms with van der Waals surface area (Å²) in [6.45, 7) is 4.56. The maximum Gasteiger partial charge on any atom is 0.338 e. The number of esters is 1. The highest BCUT2D eigenvalue weighted by Crippen LogP contribution is 2.19. The number of hydrogen-bond donors (Lipinski definition) is 1. The first kappa shape index (κ1) is 15.2. The number of carbonyl (C=O) groups excluding carboxylic acids is 2. The van der Waals surface area contributed by atoms with Crippen molar-refractivity contribution in [1.29, 1.82) is 0 Å². The molecule has 0 aliphatic heterocycles. The number of nitrogens with zero attached hydrogens (tertiary/aromatic N) is 1. The summed E-state index contributed by atoms with van der Waals surface area (Å²) in [4.78, 5) is 24.7. The van der Waals surface area contributed by atoms with Crippen LogP contribution in [-0.4, -0.2) is 46.0 Å². The van der Waals surface area contributed by atoms with Crippen LogP contribution in [0.15, 0.2) is 18.2 Å². The van der Waals surface area contributed by atoms with E-state index in [2.05, 4.69) is 15.0 Å². The number of ether oxygens (including phenoxy) is 1. The second kappa shape index (κ2) is 7.53. The van der Waals surface area contributed by atoms with Crippen molar-refractivity contribution in [3.63, 3.8) is 0 Å². The predicted octanol–water partition coefficient (Wildman–Crippen LogP) is 1.33. The predicted molar refractivity (Wildman–Crippen MR) is 75.0 cm³/mol. The van der Waals surface area contributed by atoms with Gasteiger partial charge in [-0.15, -0.1) is 0 Å². The third kappa shape index (κ3) is 3.79. The van der Waals surface area contributed by atoms with Crippen molar-refractivity contribution in [1.82, 2.24) is 5.32 Å². The molecule has 0 aliphatic carbocycles. The molecule has 1 aromatic carbocycles. The number of likely N-dealkylation sites (N-methyl/N-ethyl adjacent to an activating group) is 2. The van der Waals surface area contributed by atoms with E-state index in [-0.39, 0.29) is 0 Å². The third-order valence-corrected chi connectivity index (χ3v) is 2.95. The monoisotopic (exact) mass is 264 g/mol. The Bertz CT molecular complexity index is 446. The van der Waals surface area contributed by atoms with Gasteiger partial charge in [-0.05, 0) is 32.2 Å².